The maximum atomic E-state index is 4.36. The number of nitrogens with one attached hydrogen (secondary N) is 2. The second-order valence-electron chi connectivity index (χ2n) is 6.55. The summed E-state index contributed by atoms with van der Waals surface area (Å²) in [6.45, 7) is 13.4. The highest BCUT2D eigenvalue weighted by molar-refractivity contribution is 14.0. The predicted octanol–water partition coefficient (Wildman–Crippen LogP) is 2.56. The van der Waals surface area contributed by atoms with E-state index in [1.54, 1.807) is 0 Å². The van der Waals surface area contributed by atoms with Crippen molar-refractivity contribution in [1.82, 2.24) is 20.4 Å². The van der Waals surface area contributed by atoms with Gasteiger partial charge in [0.1, 0.15) is 0 Å². The van der Waals surface area contributed by atoms with Gasteiger partial charge in [0.2, 0.25) is 0 Å². The first-order valence-corrected chi connectivity index (χ1v) is 9.12. The molecule has 1 aliphatic heterocycles. The molecule has 2 atom stereocenters. The minimum Gasteiger partial charge on any atom is -0.355 e. The summed E-state index contributed by atoms with van der Waals surface area (Å²) in [4.78, 5) is 9.44. The van der Waals surface area contributed by atoms with Crippen molar-refractivity contribution >= 4 is 29.9 Å². The van der Waals surface area contributed by atoms with E-state index in [1.165, 1.54) is 18.7 Å². The molecule has 0 bridgehead atoms. The quantitative estimate of drug-likeness (QED) is 0.390. The van der Waals surface area contributed by atoms with Gasteiger partial charge < -0.3 is 15.5 Å². The molecule has 2 unspecified atom stereocenters. The van der Waals surface area contributed by atoms with Gasteiger partial charge in [-0.05, 0) is 26.0 Å². The molecule has 1 fully saturated rings. The van der Waals surface area contributed by atoms with Gasteiger partial charge in [-0.2, -0.15) is 0 Å². The highest BCUT2D eigenvalue weighted by atomic mass is 127. The lowest BCUT2D eigenvalue weighted by Gasteiger charge is -2.37. The summed E-state index contributed by atoms with van der Waals surface area (Å²) in [5.74, 6) is 0.866. The molecule has 2 N–H and O–H groups in total. The van der Waals surface area contributed by atoms with Crippen LogP contribution in [0.15, 0.2) is 35.3 Å². The summed E-state index contributed by atoms with van der Waals surface area (Å²) >= 11 is 0. The highest BCUT2D eigenvalue weighted by Gasteiger charge is 2.20. The van der Waals surface area contributed by atoms with Gasteiger partial charge in [0.15, 0.2) is 5.96 Å². The Morgan fingerprint density at radius 1 is 1.12 bits per heavy atom. The van der Waals surface area contributed by atoms with Crippen molar-refractivity contribution in [3.05, 3.63) is 35.9 Å². The van der Waals surface area contributed by atoms with E-state index in [4.69, 9.17) is 0 Å². The van der Waals surface area contributed by atoms with Gasteiger partial charge in [-0.1, -0.05) is 37.3 Å². The zero-order chi connectivity index (χ0) is 17.4. The van der Waals surface area contributed by atoms with Crippen LogP contribution in [-0.2, 0) is 0 Å². The molecule has 0 amide bonds. The molecule has 0 aromatic heterocycles. The third kappa shape index (κ3) is 7.11. The molecule has 1 heterocycles. The molecule has 0 spiro atoms. The molecule has 1 aromatic rings. The summed E-state index contributed by atoms with van der Waals surface area (Å²) in [6, 6.07) is 11.2. The third-order valence-corrected chi connectivity index (χ3v) is 4.92. The number of piperazine rings is 1. The van der Waals surface area contributed by atoms with Crippen LogP contribution < -0.4 is 10.6 Å². The summed E-state index contributed by atoms with van der Waals surface area (Å²) in [7, 11) is 1.83. The molecule has 1 aliphatic rings. The van der Waals surface area contributed by atoms with Crippen LogP contribution in [0.3, 0.4) is 0 Å². The average molecular weight is 459 g/mol. The molecule has 142 valence electrons. The van der Waals surface area contributed by atoms with Crippen LogP contribution in [-0.4, -0.2) is 68.1 Å². The number of hydrogen-bond acceptors (Lipinski definition) is 3. The van der Waals surface area contributed by atoms with Gasteiger partial charge in [0, 0.05) is 45.8 Å². The van der Waals surface area contributed by atoms with Crippen molar-refractivity contribution in [2.45, 2.75) is 32.9 Å². The van der Waals surface area contributed by atoms with Crippen molar-refractivity contribution < 1.29 is 0 Å². The molecule has 1 aromatic carbocycles. The first kappa shape index (κ1) is 22.2. The number of benzene rings is 1. The number of likely N-dealkylation sites (N-methyl/N-ethyl adjacent to an activating group) is 1. The minimum absolute atomic E-state index is 0. The predicted molar refractivity (Wildman–Crippen MR) is 118 cm³/mol. The Morgan fingerprint density at radius 2 is 1.76 bits per heavy atom. The van der Waals surface area contributed by atoms with Crippen LogP contribution in [0.1, 0.15) is 32.4 Å². The van der Waals surface area contributed by atoms with Crippen molar-refractivity contribution in [2.24, 2.45) is 4.99 Å². The van der Waals surface area contributed by atoms with E-state index in [1.807, 2.05) is 13.1 Å². The van der Waals surface area contributed by atoms with E-state index in [0.29, 0.717) is 6.04 Å². The number of rotatable bonds is 6. The highest BCUT2D eigenvalue weighted by Crippen LogP contribution is 2.11. The molecule has 1 saturated heterocycles. The number of halogens is 1. The lowest BCUT2D eigenvalue weighted by atomic mass is 10.1. The number of aliphatic imine (C=N–C) groups is 1. The molecule has 0 aliphatic carbocycles. The van der Waals surface area contributed by atoms with Crippen molar-refractivity contribution in [1.29, 1.82) is 0 Å². The normalized spacial score (nSPS) is 19.0. The average Bonchev–Trinajstić information content (AvgIpc) is 2.65. The van der Waals surface area contributed by atoms with Crippen molar-refractivity contribution in [2.75, 3.05) is 46.3 Å². The molecule has 5 nitrogen and oxygen atoms in total. The minimum atomic E-state index is 0. The summed E-state index contributed by atoms with van der Waals surface area (Å²) < 4.78 is 0. The Bertz CT molecular complexity index is 500. The van der Waals surface area contributed by atoms with Crippen LogP contribution >= 0.6 is 24.0 Å². The molecule has 6 heteroatoms. The maximum Gasteiger partial charge on any atom is 0.191 e. The standard InChI is InChI=1S/C19H33N5.HI/c1-5-23-11-13-24(14-12-23)16(2)15-21-19(20-4)22-17(3)18-9-7-6-8-10-18;/h6-10,16-17H,5,11-15H2,1-4H3,(H2,20,21,22);1H. The SMILES string of the molecule is CCN1CCN(C(C)CNC(=NC)NC(C)c2ccccc2)CC1.I. The van der Waals surface area contributed by atoms with Crippen LogP contribution in [0.25, 0.3) is 0 Å². The van der Waals surface area contributed by atoms with E-state index in [-0.39, 0.29) is 30.0 Å². The van der Waals surface area contributed by atoms with Crippen molar-refractivity contribution in [3.63, 3.8) is 0 Å². The summed E-state index contributed by atoms with van der Waals surface area (Å²) in [5, 5.41) is 6.95. The fourth-order valence-corrected chi connectivity index (χ4v) is 3.12. The first-order valence-electron chi connectivity index (χ1n) is 9.12. The van der Waals surface area contributed by atoms with E-state index in [0.717, 1.165) is 32.1 Å². The largest absolute Gasteiger partial charge is 0.355 e. The van der Waals surface area contributed by atoms with Gasteiger partial charge in [0.05, 0.1) is 6.04 Å². The van der Waals surface area contributed by atoms with Gasteiger partial charge in [0.25, 0.3) is 0 Å². The lowest BCUT2D eigenvalue weighted by Crippen LogP contribution is -2.53. The number of guanidine groups is 1. The van der Waals surface area contributed by atoms with Crippen LogP contribution in [0.5, 0.6) is 0 Å². The topological polar surface area (TPSA) is 42.9 Å². The van der Waals surface area contributed by atoms with Crippen molar-refractivity contribution in [3.8, 4) is 0 Å². The number of hydrogen-bond donors (Lipinski definition) is 2. The second kappa shape index (κ2) is 11.7. The van der Waals surface area contributed by atoms with E-state index in [9.17, 15) is 0 Å². The molecule has 2 rings (SSSR count). The smallest absolute Gasteiger partial charge is 0.191 e. The number of nitrogens with zero attached hydrogens (tertiary/aromatic N) is 3. The molecule has 0 radical (unpaired) electrons. The Kier molecular flexibility index (Phi) is 10.4. The Hall–Kier alpha value is -0.860. The third-order valence-electron chi connectivity index (χ3n) is 4.92. The fraction of sp³-hybridized carbons (Fsp3) is 0.632. The van der Waals surface area contributed by atoms with Gasteiger partial charge in [-0.25, -0.2) is 0 Å². The Morgan fingerprint density at radius 3 is 2.32 bits per heavy atom. The molecular weight excluding hydrogens is 425 g/mol. The zero-order valence-corrected chi connectivity index (χ0v) is 18.4. The lowest BCUT2D eigenvalue weighted by molar-refractivity contribution is 0.107. The molecular formula is C19H34IN5. The monoisotopic (exact) mass is 459 g/mol. The van der Waals surface area contributed by atoms with Gasteiger partial charge in [-0.3, -0.25) is 9.89 Å². The zero-order valence-electron chi connectivity index (χ0n) is 16.0. The summed E-state index contributed by atoms with van der Waals surface area (Å²) in [6.07, 6.45) is 0. The van der Waals surface area contributed by atoms with Crippen LogP contribution in [0.2, 0.25) is 0 Å². The molecule has 0 saturated carbocycles. The van der Waals surface area contributed by atoms with Gasteiger partial charge in [-0.15, -0.1) is 24.0 Å². The van der Waals surface area contributed by atoms with Crippen LogP contribution in [0, 0.1) is 0 Å². The first-order chi connectivity index (χ1) is 11.6. The van der Waals surface area contributed by atoms with Gasteiger partial charge >= 0.3 is 0 Å². The van der Waals surface area contributed by atoms with Crippen LogP contribution in [0.4, 0.5) is 0 Å². The summed E-state index contributed by atoms with van der Waals surface area (Å²) in [5.41, 5.74) is 1.27. The van der Waals surface area contributed by atoms with E-state index in [2.05, 4.69) is 70.5 Å². The maximum absolute atomic E-state index is 4.36. The fourth-order valence-electron chi connectivity index (χ4n) is 3.12. The Balaban J connectivity index is 0.00000312. The van der Waals surface area contributed by atoms with E-state index >= 15 is 0 Å². The second-order valence-corrected chi connectivity index (χ2v) is 6.55. The Labute approximate surface area is 170 Å². The van der Waals surface area contributed by atoms with E-state index < -0.39 is 0 Å². The molecule has 25 heavy (non-hydrogen) atoms.